The van der Waals surface area contributed by atoms with Crippen molar-refractivity contribution in [1.82, 2.24) is 4.72 Å². The maximum atomic E-state index is 12.1. The van der Waals surface area contributed by atoms with E-state index in [2.05, 4.69) is 6.58 Å². The molecule has 0 spiro atoms. The second-order valence-corrected chi connectivity index (χ2v) is 6.40. The van der Waals surface area contributed by atoms with Crippen molar-refractivity contribution in [2.75, 3.05) is 6.61 Å². The molecule has 1 rings (SSSR count). The monoisotopic (exact) mass is 342 g/mol. The Balaban J connectivity index is 2.83. The predicted octanol–water partition coefficient (Wildman–Crippen LogP) is 2.00. The molecule has 1 unspecified atom stereocenters. The molecule has 1 aromatic rings. The smallest absolute Gasteiger partial charge is 0.264 e. The predicted molar refractivity (Wildman–Crippen MR) is 81.7 cm³/mol. The molecule has 0 radical (unpaired) electrons. The molecule has 0 fully saturated rings. The van der Waals surface area contributed by atoms with Crippen molar-refractivity contribution in [2.45, 2.75) is 24.3 Å². The average Bonchev–Trinajstić information content (AvgIpc) is 2.46. The maximum absolute atomic E-state index is 12.1. The lowest BCUT2D eigenvalue weighted by atomic mass is 10.2. The fraction of sp³-hybridized carbons (Fsp3) is 0.286. The number of rotatable bonds is 7. The fourth-order valence-electron chi connectivity index (χ4n) is 1.43. The van der Waals surface area contributed by atoms with E-state index >= 15 is 0 Å². The summed E-state index contributed by atoms with van der Waals surface area (Å²) in [6.07, 6.45) is 1.25. The summed E-state index contributed by atoms with van der Waals surface area (Å²) >= 11 is 5.79. The minimum absolute atomic E-state index is 0.00638. The number of nitriles is 1. The van der Waals surface area contributed by atoms with Crippen LogP contribution in [0.3, 0.4) is 0 Å². The summed E-state index contributed by atoms with van der Waals surface area (Å²) < 4.78 is 31.2. The van der Waals surface area contributed by atoms with E-state index in [4.69, 9.17) is 21.6 Å². The summed E-state index contributed by atoms with van der Waals surface area (Å²) in [7, 11) is -4.08. The zero-order valence-corrected chi connectivity index (χ0v) is 13.4. The zero-order valence-electron chi connectivity index (χ0n) is 11.9. The van der Waals surface area contributed by atoms with Crippen LogP contribution < -0.4 is 4.72 Å². The van der Waals surface area contributed by atoms with Crippen molar-refractivity contribution in [1.29, 1.82) is 5.26 Å². The Morgan fingerprint density at radius 1 is 1.59 bits per heavy atom. The first-order chi connectivity index (χ1) is 10.3. The van der Waals surface area contributed by atoms with Gasteiger partial charge in [-0.2, -0.15) is 5.26 Å². The highest BCUT2D eigenvalue weighted by Gasteiger charge is 2.22. The van der Waals surface area contributed by atoms with Crippen molar-refractivity contribution in [3.8, 4) is 6.07 Å². The number of nitrogens with zero attached hydrogens (tertiary/aromatic N) is 1. The Morgan fingerprint density at radius 3 is 2.82 bits per heavy atom. The third kappa shape index (κ3) is 4.84. The molecule has 0 saturated carbocycles. The molecule has 1 atom stereocenters. The van der Waals surface area contributed by atoms with Gasteiger partial charge in [0.2, 0.25) is 0 Å². The number of ether oxygens (including phenoxy) is 1. The van der Waals surface area contributed by atoms with Crippen molar-refractivity contribution < 1.29 is 17.9 Å². The Bertz CT molecular complexity index is 710. The molecule has 0 aliphatic heterocycles. The van der Waals surface area contributed by atoms with Crippen LogP contribution in [0, 0.1) is 11.3 Å². The minimum atomic E-state index is -4.08. The van der Waals surface area contributed by atoms with Crippen LogP contribution in [-0.2, 0) is 19.6 Å². The van der Waals surface area contributed by atoms with Gasteiger partial charge >= 0.3 is 0 Å². The van der Waals surface area contributed by atoms with E-state index in [1.807, 2.05) is 10.8 Å². The molecule has 1 N–H and O–H groups in total. The van der Waals surface area contributed by atoms with E-state index in [0.717, 1.165) is 6.07 Å². The van der Waals surface area contributed by atoms with Gasteiger partial charge in [0.1, 0.15) is 12.2 Å². The molecule has 0 heterocycles. The Labute approximate surface area is 134 Å². The number of halogens is 1. The van der Waals surface area contributed by atoms with Crippen LogP contribution in [0.1, 0.15) is 18.9 Å². The molecule has 0 bridgehead atoms. The van der Waals surface area contributed by atoms with Gasteiger partial charge in [-0.05, 0) is 31.5 Å². The SMILES string of the molecule is C=CCCOC(C)C(=O)NS(=O)(=O)c1ccc(C#N)c(Cl)c1. The third-order valence-electron chi connectivity index (χ3n) is 2.67. The molecule has 0 aliphatic rings. The van der Waals surface area contributed by atoms with Gasteiger partial charge in [-0.1, -0.05) is 17.7 Å². The van der Waals surface area contributed by atoms with Gasteiger partial charge in [0.05, 0.1) is 22.1 Å². The van der Waals surface area contributed by atoms with Gasteiger partial charge in [0, 0.05) is 0 Å². The second kappa shape index (κ2) is 7.94. The summed E-state index contributed by atoms with van der Waals surface area (Å²) in [5.41, 5.74) is 0.146. The van der Waals surface area contributed by atoms with E-state index in [1.165, 1.54) is 19.1 Å². The zero-order chi connectivity index (χ0) is 16.8. The average molecular weight is 343 g/mol. The first-order valence-electron chi connectivity index (χ1n) is 6.30. The summed E-state index contributed by atoms with van der Waals surface area (Å²) in [6, 6.07) is 5.40. The van der Waals surface area contributed by atoms with Crippen molar-refractivity contribution in [3.05, 3.63) is 41.4 Å². The van der Waals surface area contributed by atoms with Crippen molar-refractivity contribution in [2.24, 2.45) is 0 Å². The minimum Gasteiger partial charge on any atom is -0.368 e. The molecule has 0 aromatic heterocycles. The molecule has 6 nitrogen and oxygen atoms in total. The second-order valence-electron chi connectivity index (χ2n) is 4.31. The Kier molecular flexibility index (Phi) is 6.56. The van der Waals surface area contributed by atoms with Gasteiger partial charge < -0.3 is 4.74 Å². The number of amides is 1. The van der Waals surface area contributed by atoms with Crippen LogP contribution in [0.4, 0.5) is 0 Å². The molecule has 1 aromatic carbocycles. The van der Waals surface area contributed by atoms with Crippen LogP contribution in [0.15, 0.2) is 35.7 Å². The van der Waals surface area contributed by atoms with E-state index < -0.39 is 22.0 Å². The molecular formula is C14H15ClN2O4S. The van der Waals surface area contributed by atoms with Crippen LogP contribution in [0.25, 0.3) is 0 Å². The number of carbonyl (C=O) groups is 1. The van der Waals surface area contributed by atoms with E-state index in [-0.39, 0.29) is 22.1 Å². The summed E-state index contributed by atoms with van der Waals surface area (Å²) in [5.74, 6) is -0.787. The number of carbonyl (C=O) groups excluding carboxylic acids is 1. The Hall–Kier alpha value is -1.88. The number of benzene rings is 1. The summed E-state index contributed by atoms with van der Waals surface area (Å²) in [4.78, 5) is 11.6. The normalized spacial score (nSPS) is 12.2. The van der Waals surface area contributed by atoms with Crippen LogP contribution in [0.2, 0.25) is 5.02 Å². The quantitative estimate of drug-likeness (QED) is 0.604. The lowest BCUT2D eigenvalue weighted by Gasteiger charge is -2.13. The van der Waals surface area contributed by atoms with Gasteiger partial charge in [-0.3, -0.25) is 4.79 Å². The lowest BCUT2D eigenvalue weighted by Crippen LogP contribution is -2.38. The maximum Gasteiger partial charge on any atom is 0.264 e. The molecule has 8 heteroatoms. The molecule has 22 heavy (non-hydrogen) atoms. The van der Waals surface area contributed by atoms with Crippen LogP contribution >= 0.6 is 11.6 Å². The topological polar surface area (TPSA) is 96.3 Å². The first-order valence-corrected chi connectivity index (χ1v) is 8.16. The first kappa shape index (κ1) is 18.2. The van der Waals surface area contributed by atoms with Crippen LogP contribution in [-0.4, -0.2) is 27.0 Å². The van der Waals surface area contributed by atoms with Gasteiger partial charge in [-0.25, -0.2) is 13.1 Å². The number of hydrogen-bond donors (Lipinski definition) is 1. The molecule has 118 valence electrons. The van der Waals surface area contributed by atoms with Gasteiger partial charge in [0.15, 0.2) is 0 Å². The molecule has 0 saturated heterocycles. The standard InChI is InChI=1S/C14H15ClN2O4S/c1-3-4-7-21-10(2)14(18)17-22(19,20)12-6-5-11(9-16)13(15)8-12/h3,5-6,8,10H,1,4,7H2,2H3,(H,17,18). The van der Waals surface area contributed by atoms with Gasteiger partial charge in [-0.15, -0.1) is 6.58 Å². The largest absolute Gasteiger partial charge is 0.368 e. The number of hydrogen-bond acceptors (Lipinski definition) is 5. The molecule has 0 aliphatic carbocycles. The molecule has 1 amide bonds. The number of nitrogens with one attached hydrogen (secondary N) is 1. The molecular weight excluding hydrogens is 328 g/mol. The Morgan fingerprint density at radius 2 is 2.27 bits per heavy atom. The van der Waals surface area contributed by atoms with E-state index in [1.54, 1.807) is 6.08 Å². The summed E-state index contributed by atoms with van der Waals surface area (Å²) in [5, 5.41) is 8.75. The lowest BCUT2D eigenvalue weighted by molar-refractivity contribution is -0.129. The number of sulfonamides is 1. The highest BCUT2D eigenvalue weighted by Crippen LogP contribution is 2.20. The van der Waals surface area contributed by atoms with E-state index in [0.29, 0.717) is 6.42 Å². The fourth-order valence-corrected chi connectivity index (χ4v) is 2.79. The third-order valence-corrected chi connectivity index (χ3v) is 4.32. The van der Waals surface area contributed by atoms with Crippen molar-refractivity contribution in [3.63, 3.8) is 0 Å². The van der Waals surface area contributed by atoms with Crippen LogP contribution in [0.5, 0.6) is 0 Å². The van der Waals surface area contributed by atoms with E-state index in [9.17, 15) is 13.2 Å². The summed E-state index contributed by atoms with van der Waals surface area (Å²) in [6.45, 7) is 5.22. The van der Waals surface area contributed by atoms with Crippen molar-refractivity contribution >= 4 is 27.5 Å². The highest BCUT2D eigenvalue weighted by molar-refractivity contribution is 7.90. The van der Waals surface area contributed by atoms with Gasteiger partial charge in [0.25, 0.3) is 15.9 Å². The highest BCUT2D eigenvalue weighted by atomic mass is 35.5.